The number of hydrogen-bond acceptors (Lipinski definition) is 7. The van der Waals surface area contributed by atoms with Crippen LogP contribution in [0.4, 0.5) is 5.69 Å². The Kier molecular flexibility index (Phi) is 6.20. The van der Waals surface area contributed by atoms with Crippen molar-refractivity contribution in [3.8, 4) is 23.0 Å². The summed E-state index contributed by atoms with van der Waals surface area (Å²) in [5.74, 6) is -2.91. The lowest BCUT2D eigenvalue weighted by Crippen LogP contribution is -2.25. The predicted octanol–water partition coefficient (Wildman–Crippen LogP) is 2.30. The molecule has 1 amide bonds. The van der Waals surface area contributed by atoms with Gasteiger partial charge in [-0.3, -0.25) is 14.9 Å². The van der Waals surface area contributed by atoms with Crippen LogP contribution in [0.25, 0.3) is 0 Å². The van der Waals surface area contributed by atoms with Crippen LogP contribution >= 0.6 is 0 Å². The molecular weight excluding hydrogens is 344 g/mol. The Balaban J connectivity index is 1.86. The van der Waals surface area contributed by atoms with Gasteiger partial charge in [-0.1, -0.05) is 18.2 Å². The number of amides is 1. The number of carbonyl (C=O) groups excluding carboxylic acids is 1. The van der Waals surface area contributed by atoms with Crippen LogP contribution in [-0.2, 0) is 0 Å². The van der Waals surface area contributed by atoms with Gasteiger partial charge < -0.3 is 25.4 Å². The van der Waals surface area contributed by atoms with Gasteiger partial charge in [0.25, 0.3) is 5.91 Å². The zero-order chi connectivity index (χ0) is 19.1. The average molecular weight is 362 g/mol. The molecule has 0 fully saturated rings. The summed E-state index contributed by atoms with van der Waals surface area (Å²) in [4.78, 5) is 21.9. The smallest absolute Gasteiger partial charge is 0.353 e. The zero-order valence-corrected chi connectivity index (χ0v) is 13.7. The molecule has 9 nitrogen and oxygen atoms in total. The molecule has 0 unspecified atom stereocenters. The highest BCUT2D eigenvalue weighted by Gasteiger charge is 2.29. The molecule has 4 N–H and O–H groups in total. The third-order valence-electron chi connectivity index (χ3n) is 3.51. The minimum atomic E-state index is -1.09. The number of rotatable bonds is 8. The highest BCUT2D eigenvalue weighted by Crippen LogP contribution is 2.42. The van der Waals surface area contributed by atoms with E-state index in [1.165, 1.54) is 0 Å². The van der Waals surface area contributed by atoms with E-state index >= 15 is 0 Å². The largest absolute Gasteiger partial charge is 0.507 e. The molecule has 0 heterocycles. The van der Waals surface area contributed by atoms with Crippen LogP contribution in [0.2, 0.25) is 0 Å². The highest BCUT2D eigenvalue weighted by atomic mass is 16.6. The van der Waals surface area contributed by atoms with E-state index < -0.39 is 39.3 Å². The van der Waals surface area contributed by atoms with Crippen molar-refractivity contribution in [2.24, 2.45) is 0 Å². The summed E-state index contributed by atoms with van der Waals surface area (Å²) in [5, 5.41) is 42.2. The van der Waals surface area contributed by atoms with Crippen molar-refractivity contribution in [1.82, 2.24) is 5.32 Å². The number of unbranched alkanes of at least 4 members (excludes halogenated alkanes) is 1. The van der Waals surface area contributed by atoms with E-state index in [-0.39, 0.29) is 6.54 Å². The van der Waals surface area contributed by atoms with Crippen molar-refractivity contribution in [3.63, 3.8) is 0 Å². The molecule has 0 aliphatic rings. The molecule has 2 aromatic carbocycles. The minimum Gasteiger partial charge on any atom is -0.507 e. The second-order valence-electron chi connectivity index (χ2n) is 5.37. The van der Waals surface area contributed by atoms with Gasteiger partial charge in [0.05, 0.1) is 11.5 Å². The third-order valence-corrected chi connectivity index (χ3v) is 3.51. The Morgan fingerprint density at radius 3 is 2.46 bits per heavy atom. The number of nitrogens with one attached hydrogen (secondary N) is 1. The van der Waals surface area contributed by atoms with Crippen LogP contribution in [0, 0.1) is 10.1 Å². The standard InChI is InChI=1S/C17H18N2O7/c20-12-10-13(21)15(19(24)25)16(22)14(12)17(23)18-8-4-5-9-26-11-6-2-1-3-7-11/h1-3,6-7,10,20-22H,4-5,8-9H2,(H,18,23). The topological polar surface area (TPSA) is 142 Å². The fourth-order valence-electron chi connectivity index (χ4n) is 2.26. The normalized spacial score (nSPS) is 10.3. The van der Waals surface area contributed by atoms with E-state index in [9.17, 15) is 30.2 Å². The lowest BCUT2D eigenvalue weighted by Gasteiger charge is -2.10. The molecule has 2 rings (SSSR count). The lowest BCUT2D eigenvalue weighted by molar-refractivity contribution is -0.386. The van der Waals surface area contributed by atoms with Gasteiger partial charge in [0.15, 0.2) is 0 Å². The molecule has 0 saturated carbocycles. The average Bonchev–Trinajstić information content (AvgIpc) is 2.58. The molecule has 0 spiro atoms. The summed E-state index contributed by atoms with van der Waals surface area (Å²) >= 11 is 0. The molecule has 0 aromatic heterocycles. The summed E-state index contributed by atoms with van der Waals surface area (Å²) in [6.45, 7) is 0.658. The number of phenols is 3. The van der Waals surface area contributed by atoms with Crippen LogP contribution < -0.4 is 10.1 Å². The van der Waals surface area contributed by atoms with Gasteiger partial charge in [-0.15, -0.1) is 0 Å². The van der Waals surface area contributed by atoms with Gasteiger partial charge in [-0.25, -0.2) is 0 Å². The highest BCUT2D eigenvalue weighted by molar-refractivity contribution is 6.01. The lowest BCUT2D eigenvalue weighted by atomic mass is 10.1. The SMILES string of the molecule is O=C(NCCCCOc1ccccc1)c1c(O)cc(O)c([N+](=O)[O-])c1O. The van der Waals surface area contributed by atoms with Crippen molar-refractivity contribution < 1.29 is 29.8 Å². The summed E-state index contributed by atoms with van der Waals surface area (Å²) in [7, 11) is 0. The molecule has 0 saturated heterocycles. The third kappa shape index (κ3) is 4.53. The minimum absolute atomic E-state index is 0.213. The van der Waals surface area contributed by atoms with E-state index in [0.29, 0.717) is 25.5 Å². The van der Waals surface area contributed by atoms with Crippen LogP contribution in [0.1, 0.15) is 23.2 Å². The second kappa shape index (κ2) is 8.56. The van der Waals surface area contributed by atoms with Crippen molar-refractivity contribution in [3.05, 3.63) is 52.1 Å². The molecule has 0 aliphatic heterocycles. The first kappa shape index (κ1) is 18.8. The molecule has 0 radical (unpaired) electrons. The Labute approximate surface area is 148 Å². The fraction of sp³-hybridized carbons (Fsp3) is 0.235. The molecule has 0 aliphatic carbocycles. The maximum atomic E-state index is 12.1. The number of para-hydroxylation sites is 1. The second-order valence-corrected chi connectivity index (χ2v) is 5.37. The molecular formula is C17H18N2O7. The first-order valence-electron chi connectivity index (χ1n) is 7.80. The van der Waals surface area contributed by atoms with Gasteiger partial charge in [-0.2, -0.15) is 0 Å². The Morgan fingerprint density at radius 2 is 1.81 bits per heavy atom. The van der Waals surface area contributed by atoms with Crippen LogP contribution in [0.5, 0.6) is 23.0 Å². The molecule has 2 aromatic rings. The number of aromatic hydroxyl groups is 3. The maximum absolute atomic E-state index is 12.1. The number of benzene rings is 2. The van der Waals surface area contributed by atoms with Crippen LogP contribution in [0.15, 0.2) is 36.4 Å². The molecule has 9 heteroatoms. The monoisotopic (exact) mass is 362 g/mol. The number of hydrogen-bond donors (Lipinski definition) is 4. The zero-order valence-electron chi connectivity index (χ0n) is 13.7. The number of carbonyl (C=O) groups is 1. The Bertz CT molecular complexity index is 793. The summed E-state index contributed by atoms with van der Waals surface area (Å²) in [6, 6.07) is 9.87. The van der Waals surface area contributed by atoms with Crippen molar-refractivity contribution in [2.45, 2.75) is 12.8 Å². The van der Waals surface area contributed by atoms with E-state index in [1.807, 2.05) is 30.3 Å². The quantitative estimate of drug-likeness (QED) is 0.320. The number of nitro groups is 1. The number of phenolic OH excluding ortho intramolecular Hbond substituents is 3. The van der Waals surface area contributed by atoms with Crippen molar-refractivity contribution >= 4 is 11.6 Å². The van der Waals surface area contributed by atoms with E-state index in [1.54, 1.807) is 0 Å². The first-order chi connectivity index (χ1) is 12.4. The molecule has 0 atom stereocenters. The van der Waals surface area contributed by atoms with Crippen LogP contribution in [-0.4, -0.2) is 39.3 Å². The van der Waals surface area contributed by atoms with Gasteiger partial charge in [0.1, 0.15) is 17.1 Å². The molecule has 138 valence electrons. The number of nitrogens with zero attached hydrogens (tertiary/aromatic N) is 1. The van der Waals surface area contributed by atoms with Gasteiger partial charge >= 0.3 is 5.69 Å². The van der Waals surface area contributed by atoms with Crippen molar-refractivity contribution in [1.29, 1.82) is 0 Å². The Hall–Kier alpha value is -3.49. The van der Waals surface area contributed by atoms with E-state index in [4.69, 9.17) is 4.74 Å². The summed E-state index contributed by atoms with van der Waals surface area (Å²) in [5.41, 5.74) is -1.70. The van der Waals surface area contributed by atoms with E-state index in [2.05, 4.69) is 5.32 Å². The Morgan fingerprint density at radius 1 is 1.12 bits per heavy atom. The number of nitro benzene ring substituents is 1. The fourth-order valence-corrected chi connectivity index (χ4v) is 2.26. The predicted molar refractivity (Wildman–Crippen MR) is 91.6 cm³/mol. The van der Waals surface area contributed by atoms with E-state index in [0.717, 1.165) is 5.75 Å². The number of ether oxygens (including phenoxy) is 1. The van der Waals surface area contributed by atoms with Gasteiger partial charge in [0, 0.05) is 12.6 Å². The first-order valence-corrected chi connectivity index (χ1v) is 7.80. The van der Waals surface area contributed by atoms with Gasteiger partial charge in [-0.05, 0) is 25.0 Å². The van der Waals surface area contributed by atoms with Crippen LogP contribution in [0.3, 0.4) is 0 Å². The van der Waals surface area contributed by atoms with Crippen molar-refractivity contribution in [2.75, 3.05) is 13.2 Å². The molecule has 0 bridgehead atoms. The van der Waals surface area contributed by atoms with Gasteiger partial charge in [0.2, 0.25) is 11.5 Å². The molecule has 26 heavy (non-hydrogen) atoms. The maximum Gasteiger partial charge on any atom is 0.353 e. The summed E-state index contributed by atoms with van der Waals surface area (Å²) in [6.07, 6.45) is 1.20. The summed E-state index contributed by atoms with van der Waals surface area (Å²) < 4.78 is 5.50.